The topological polar surface area (TPSA) is 47.1 Å². The number of benzene rings is 1. The average molecular weight is 387 g/mol. The Hall–Kier alpha value is -1.92. The summed E-state index contributed by atoms with van der Waals surface area (Å²) in [5, 5.41) is 0. The third-order valence-corrected chi connectivity index (χ3v) is 5.91. The number of nitrogens with zero attached hydrogens (tertiary/aromatic N) is 4. The molecule has 2 atom stereocenters. The average Bonchev–Trinajstić information content (AvgIpc) is 3.09. The van der Waals surface area contributed by atoms with Gasteiger partial charge in [-0.3, -0.25) is 14.5 Å². The molecule has 3 rings (SSSR count). The molecule has 0 bridgehead atoms. The molecule has 2 amide bonds. The third kappa shape index (κ3) is 4.73. The lowest BCUT2D eigenvalue weighted by Gasteiger charge is -2.44. The zero-order valence-electron chi connectivity index (χ0n) is 17.7. The Bertz CT molecular complexity index is 676. The van der Waals surface area contributed by atoms with Crippen molar-refractivity contribution in [1.29, 1.82) is 0 Å². The van der Waals surface area contributed by atoms with Crippen LogP contribution in [0.25, 0.3) is 0 Å². The maximum Gasteiger partial charge on any atom is 0.253 e. The molecule has 2 saturated heterocycles. The van der Waals surface area contributed by atoms with Gasteiger partial charge in [0.15, 0.2) is 0 Å². The first kappa shape index (κ1) is 20.8. The third-order valence-electron chi connectivity index (χ3n) is 5.91. The van der Waals surface area contributed by atoms with E-state index in [0.717, 1.165) is 51.3 Å². The predicted octanol–water partition coefficient (Wildman–Crippen LogP) is 2.30. The smallest absolute Gasteiger partial charge is 0.253 e. The van der Waals surface area contributed by atoms with Crippen LogP contribution in [0.2, 0.25) is 0 Å². The Balaban J connectivity index is 1.59. The number of hydrogen-bond donors (Lipinski definition) is 0. The maximum absolute atomic E-state index is 13.0. The predicted molar refractivity (Wildman–Crippen MR) is 113 cm³/mol. The van der Waals surface area contributed by atoms with E-state index in [1.807, 2.05) is 34.1 Å². The minimum atomic E-state index is 0.0888. The Morgan fingerprint density at radius 3 is 2.29 bits per heavy atom. The fraction of sp³-hybridized carbons (Fsp3) is 0.636. The molecule has 6 nitrogen and oxygen atoms in total. The molecule has 154 valence electrons. The van der Waals surface area contributed by atoms with Gasteiger partial charge in [0.2, 0.25) is 5.91 Å². The van der Waals surface area contributed by atoms with Gasteiger partial charge in [-0.15, -0.1) is 0 Å². The molecule has 0 aliphatic carbocycles. The molecule has 0 radical (unpaired) electrons. The van der Waals surface area contributed by atoms with Crippen LogP contribution in [0.15, 0.2) is 24.3 Å². The van der Waals surface area contributed by atoms with E-state index < -0.39 is 0 Å². The minimum Gasteiger partial charge on any atom is -0.336 e. The van der Waals surface area contributed by atoms with E-state index in [4.69, 9.17) is 0 Å². The quantitative estimate of drug-likeness (QED) is 0.753. The number of piperazine rings is 1. The van der Waals surface area contributed by atoms with Crippen LogP contribution in [0.5, 0.6) is 0 Å². The number of anilines is 1. The van der Waals surface area contributed by atoms with Gasteiger partial charge >= 0.3 is 0 Å². The molecule has 0 spiro atoms. The van der Waals surface area contributed by atoms with Crippen LogP contribution in [0.3, 0.4) is 0 Å². The highest BCUT2D eigenvalue weighted by Gasteiger charge is 2.32. The van der Waals surface area contributed by atoms with Crippen molar-refractivity contribution >= 4 is 17.5 Å². The normalized spacial score (nSPS) is 23.7. The lowest BCUT2D eigenvalue weighted by Crippen LogP contribution is -2.58. The zero-order chi connectivity index (χ0) is 20.3. The van der Waals surface area contributed by atoms with E-state index in [2.05, 4.69) is 37.7 Å². The van der Waals surface area contributed by atoms with Gasteiger partial charge in [0.05, 0.1) is 0 Å². The Morgan fingerprint density at radius 1 is 1.11 bits per heavy atom. The van der Waals surface area contributed by atoms with Crippen LogP contribution in [0.1, 0.15) is 43.5 Å². The molecular formula is C22H34N4O2. The highest BCUT2D eigenvalue weighted by molar-refractivity contribution is 5.97. The fourth-order valence-corrected chi connectivity index (χ4v) is 4.42. The summed E-state index contributed by atoms with van der Waals surface area (Å²) < 4.78 is 0. The van der Waals surface area contributed by atoms with Crippen LogP contribution in [-0.2, 0) is 4.79 Å². The molecule has 0 saturated carbocycles. The Labute approximate surface area is 169 Å². The summed E-state index contributed by atoms with van der Waals surface area (Å²) in [6, 6.07) is 8.25. The van der Waals surface area contributed by atoms with E-state index in [1.165, 1.54) is 0 Å². The number of carbonyl (C=O) groups excluding carboxylic acids is 2. The Morgan fingerprint density at radius 2 is 1.75 bits per heavy atom. The standard InChI is InChI=1S/C22H34N4O2/c1-17-15-24(16-18(2)25(17)14-6-12-23(3)4)22(28)19-8-10-20(11-9-19)26-13-5-7-21(26)27/h8-11,17-18H,5-7,12-16H2,1-4H3. The van der Waals surface area contributed by atoms with Crippen LogP contribution in [-0.4, -0.2) is 85.4 Å². The second-order valence-electron chi connectivity index (χ2n) is 8.50. The number of amides is 2. The van der Waals surface area contributed by atoms with Crippen LogP contribution >= 0.6 is 0 Å². The van der Waals surface area contributed by atoms with Crippen LogP contribution < -0.4 is 4.90 Å². The summed E-state index contributed by atoms with van der Waals surface area (Å²) >= 11 is 0. The molecule has 1 aromatic carbocycles. The molecule has 2 aliphatic rings. The summed E-state index contributed by atoms with van der Waals surface area (Å²) in [6.45, 7) is 8.89. The van der Waals surface area contributed by atoms with Crippen molar-refractivity contribution in [2.45, 2.75) is 45.2 Å². The van der Waals surface area contributed by atoms with E-state index in [-0.39, 0.29) is 11.8 Å². The highest BCUT2D eigenvalue weighted by atomic mass is 16.2. The summed E-state index contributed by atoms with van der Waals surface area (Å²) in [5.41, 5.74) is 1.60. The van der Waals surface area contributed by atoms with E-state index in [9.17, 15) is 9.59 Å². The van der Waals surface area contributed by atoms with Crippen molar-refractivity contribution in [2.24, 2.45) is 0 Å². The summed E-state index contributed by atoms with van der Waals surface area (Å²) in [5.74, 6) is 0.262. The monoisotopic (exact) mass is 386 g/mol. The van der Waals surface area contributed by atoms with Crippen molar-refractivity contribution in [2.75, 3.05) is 51.7 Å². The minimum absolute atomic E-state index is 0.0888. The molecular weight excluding hydrogens is 352 g/mol. The zero-order valence-corrected chi connectivity index (χ0v) is 17.7. The number of hydrogen-bond acceptors (Lipinski definition) is 4. The largest absolute Gasteiger partial charge is 0.336 e. The molecule has 2 heterocycles. The van der Waals surface area contributed by atoms with Gasteiger partial charge in [-0.05, 0) is 71.6 Å². The summed E-state index contributed by atoms with van der Waals surface area (Å²) in [4.78, 5) is 33.4. The molecule has 0 N–H and O–H groups in total. The van der Waals surface area contributed by atoms with E-state index in [1.54, 1.807) is 0 Å². The molecule has 1 aromatic rings. The summed E-state index contributed by atoms with van der Waals surface area (Å²) in [6.07, 6.45) is 2.68. The van der Waals surface area contributed by atoms with Gasteiger partial charge in [-0.2, -0.15) is 0 Å². The second kappa shape index (κ2) is 9.05. The van der Waals surface area contributed by atoms with Crippen molar-refractivity contribution in [1.82, 2.24) is 14.7 Å². The van der Waals surface area contributed by atoms with Gasteiger partial charge < -0.3 is 14.7 Å². The number of rotatable bonds is 6. The lowest BCUT2D eigenvalue weighted by molar-refractivity contribution is -0.117. The first-order valence-corrected chi connectivity index (χ1v) is 10.5. The van der Waals surface area contributed by atoms with Crippen molar-refractivity contribution in [3.63, 3.8) is 0 Å². The van der Waals surface area contributed by atoms with Gasteiger partial charge in [-0.25, -0.2) is 0 Å². The molecule has 2 aliphatic heterocycles. The first-order valence-electron chi connectivity index (χ1n) is 10.5. The maximum atomic E-state index is 13.0. The molecule has 2 unspecified atom stereocenters. The van der Waals surface area contributed by atoms with E-state index >= 15 is 0 Å². The van der Waals surface area contributed by atoms with Gasteiger partial charge in [-0.1, -0.05) is 0 Å². The fourth-order valence-electron chi connectivity index (χ4n) is 4.42. The SMILES string of the molecule is CC1CN(C(=O)c2ccc(N3CCCC3=O)cc2)CC(C)N1CCCN(C)C. The van der Waals surface area contributed by atoms with Crippen LogP contribution in [0, 0.1) is 0 Å². The first-order chi connectivity index (χ1) is 13.4. The molecule has 2 fully saturated rings. The van der Waals surface area contributed by atoms with Crippen molar-refractivity contribution in [3.8, 4) is 0 Å². The van der Waals surface area contributed by atoms with Gasteiger partial charge in [0, 0.05) is 55.9 Å². The second-order valence-corrected chi connectivity index (χ2v) is 8.50. The van der Waals surface area contributed by atoms with Crippen LogP contribution in [0.4, 0.5) is 5.69 Å². The lowest BCUT2D eigenvalue weighted by atomic mass is 10.1. The molecule has 6 heteroatoms. The van der Waals surface area contributed by atoms with Gasteiger partial charge in [0.1, 0.15) is 0 Å². The highest BCUT2D eigenvalue weighted by Crippen LogP contribution is 2.23. The number of carbonyl (C=O) groups is 2. The van der Waals surface area contributed by atoms with Crippen molar-refractivity contribution < 1.29 is 9.59 Å². The molecule has 28 heavy (non-hydrogen) atoms. The van der Waals surface area contributed by atoms with Gasteiger partial charge in [0.25, 0.3) is 5.91 Å². The van der Waals surface area contributed by atoms with E-state index in [0.29, 0.717) is 24.1 Å². The summed E-state index contributed by atoms with van der Waals surface area (Å²) in [7, 11) is 4.21. The van der Waals surface area contributed by atoms with Crippen molar-refractivity contribution in [3.05, 3.63) is 29.8 Å². The molecule has 0 aromatic heterocycles. The Kier molecular flexibility index (Phi) is 6.73.